The van der Waals surface area contributed by atoms with Gasteiger partial charge in [-0.2, -0.15) is 0 Å². The topological polar surface area (TPSA) is 63.6 Å². The number of carbonyl (C=O) groups is 2. The van der Waals surface area contributed by atoms with Crippen LogP contribution in [0.15, 0.2) is 18.2 Å². The van der Waals surface area contributed by atoms with Crippen molar-refractivity contribution in [3.8, 4) is 0 Å². The summed E-state index contributed by atoms with van der Waals surface area (Å²) in [5, 5.41) is 10.8. The van der Waals surface area contributed by atoms with Gasteiger partial charge >= 0.3 is 5.97 Å². The van der Waals surface area contributed by atoms with Gasteiger partial charge in [-0.15, -0.1) is 0 Å². The van der Waals surface area contributed by atoms with Crippen LogP contribution in [-0.2, 0) is 9.53 Å². The van der Waals surface area contributed by atoms with E-state index in [1.807, 2.05) is 26.0 Å². The third kappa shape index (κ3) is 2.88. The van der Waals surface area contributed by atoms with E-state index in [2.05, 4.69) is 0 Å². The highest BCUT2D eigenvalue weighted by Crippen LogP contribution is 2.62. The molecule has 0 amide bonds. The third-order valence-electron chi connectivity index (χ3n) is 6.91. The Hall–Kier alpha value is -1.68. The van der Waals surface area contributed by atoms with Gasteiger partial charge in [0.15, 0.2) is 6.10 Å². The largest absolute Gasteiger partial charge is 0.454 e. The highest BCUT2D eigenvalue weighted by Gasteiger charge is 2.61. The van der Waals surface area contributed by atoms with Gasteiger partial charge in [0, 0.05) is 5.56 Å². The van der Waals surface area contributed by atoms with Gasteiger partial charge in [0.2, 0.25) is 5.78 Å². The Morgan fingerprint density at radius 3 is 2.35 bits per heavy atom. The van der Waals surface area contributed by atoms with Crippen LogP contribution in [-0.4, -0.2) is 28.6 Å². The van der Waals surface area contributed by atoms with Crippen molar-refractivity contribution < 1.29 is 19.4 Å². The first-order valence-corrected chi connectivity index (χ1v) is 9.75. The first kappa shape index (κ1) is 17.7. The maximum atomic E-state index is 13.0. The van der Waals surface area contributed by atoms with E-state index in [1.165, 1.54) is 0 Å². The molecule has 0 spiro atoms. The van der Waals surface area contributed by atoms with E-state index in [9.17, 15) is 14.7 Å². The lowest BCUT2D eigenvalue weighted by Gasteiger charge is -2.58. The van der Waals surface area contributed by atoms with Crippen molar-refractivity contribution in [2.75, 3.05) is 0 Å². The molecular formula is C22H28O4. The average molecular weight is 356 g/mol. The minimum absolute atomic E-state index is 0.162. The number of aryl methyl sites for hydroxylation is 2. The molecule has 4 fully saturated rings. The third-order valence-corrected chi connectivity index (χ3v) is 6.91. The number of rotatable bonds is 4. The molecule has 0 aromatic heterocycles. The van der Waals surface area contributed by atoms with Crippen LogP contribution in [0.1, 0.15) is 66.9 Å². The summed E-state index contributed by atoms with van der Waals surface area (Å²) in [6, 6.07) is 5.57. The Morgan fingerprint density at radius 2 is 1.77 bits per heavy atom. The number of hydrogen-bond donors (Lipinski definition) is 1. The van der Waals surface area contributed by atoms with E-state index in [4.69, 9.17) is 4.74 Å². The molecular weight excluding hydrogens is 328 g/mol. The highest BCUT2D eigenvalue weighted by molar-refractivity contribution is 6.00. The Kier molecular flexibility index (Phi) is 4.03. The SMILES string of the molecule is Cc1ccc(C(=O)[C@H](C)OC(=O)C23C[C@H]4C[C@@H](CC(O)(C4)C2)C3)cc1C. The summed E-state index contributed by atoms with van der Waals surface area (Å²) in [7, 11) is 0. The van der Waals surface area contributed by atoms with E-state index >= 15 is 0 Å². The second-order valence-corrected chi connectivity index (χ2v) is 9.18. The normalized spacial score (nSPS) is 36.0. The highest BCUT2D eigenvalue weighted by atomic mass is 16.5. The van der Waals surface area contributed by atoms with Gasteiger partial charge in [-0.3, -0.25) is 9.59 Å². The summed E-state index contributed by atoms with van der Waals surface area (Å²) in [6.45, 7) is 5.63. The summed E-state index contributed by atoms with van der Waals surface area (Å²) in [5.41, 5.74) is 1.48. The number of hydrogen-bond acceptors (Lipinski definition) is 4. The molecule has 4 saturated carbocycles. The van der Waals surface area contributed by atoms with E-state index in [-0.39, 0.29) is 11.8 Å². The van der Waals surface area contributed by atoms with Gasteiger partial charge < -0.3 is 9.84 Å². The van der Waals surface area contributed by atoms with Crippen LogP contribution in [0.3, 0.4) is 0 Å². The number of benzene rings is 1. The molecule has 1 N–H and O–H groups in total. The molecule has 3 atom stereocenters. The number of esters is 1. The van der Waals surface area contributed by atoms with Crippen molar-refractivity contribution in [3.05, 3.63) is 34.9 Å². The first-order chi connectivity index (χ1) is 12.2. The molecule has 1 aromatic rings. The zero-order valence-electron chi connectivity index (χ0n) is 15.9. The Labute approximate surface area is 154 Å². The van der Waals surface area contributed by atoms with Crippen molar-refractivity contribution in [3.63, 3.8) is 0 Å². The molecule has 0 heterocycles. The van der Waals surface area contributed by atoms with Crippen LogP contribution >= 0.6 is 0 Å². The molecule has 0 aliphatic heterocycles. The fraction of sp³-hybridized carbons (Fsp3) is 0.636. The summed E-state index contributed by atoms with van der Waals surface area (Å²) in [6.07, 6.45) is 4.05. The second-order valence-electron chi connectivity index (χ2n) is 9.18. The quantitative estimate of drug-likeness (QED) is 0.659. The van der Waals surface area contributed by atoms with Gasteiger partial charge in [0.1, 0.15) is 0 Å². The van der Waals surface area contributed by atoms with Crippen LogP contribution < -0.4 is 0 Å². The van der Waals surface area contributed by atoms with Crippen LogP contribution in [0.4, 0.5) is 0 Å². The first-order valence-electron chi connectivity index (χ1n) is 9.75. The van der Waals surface area contributed by atoms with Gasteiger partial charge in [-0.05, 0) is 88.3 Å². The predicted molar refractivity (Wildman–Crippen MR) is 97.9 cm³/mol. The van der Waals surface area contributed by atoms with Crippen LogP contribution in [0, 0.1) is 31.1 Å². The number of Topliss-reactive ketones (excluding diaryl/α,β-unsaturated/α-hetero) is 1. The molecule has 4 aliphatic carbocycles. The average Bonchev–Trinajstić information content (AvgIpc) is 2.54. The van der Waals surface area contributed by atoms with Gasteiger partial charge in [-0.1, -0.05) is 12.1 Å². The predicted octanol–water partition coefficient (Wildman–Crippen LogP) is 3.75. The van der Waals surface area contributed by atoms with Crippen molar-refractivity contribution in [1.82, 2.24) is 0 Å². The lowest BCUT2D eigenvalue weighted by molar-refractivity contribution is -0.197. The number of aliphatic hydroxyl groups is 1. The minimum Gasteiger partial charge on any atom is -0.454 e. The van der Waals surface area contributed by atoms with Crippen molar-refractivity contribution in [2.45, 2.75) is 71.0 Å². The van der Waals surface area contributed by atoms with Crippen molar-refractivity contribution in [2.24, 2.45) is 17.3 Å². The van der Waals surface area contributed by atoms with Crippen LogP contribution in [0.25, 0.3) is 0 Å². The fourth-order valence-electron chi connectivity index (χ4n) is 5.92. The molecule has 0 saturated heterocycles. The van der Waals surface area contributed by atoms with Crippen molar-refractivity contribution >= 4 is 11.8 Å². The fourth-order valence-corrected chi connectivity index (χ4v) is 5.92. The van der Waals surface area contributed by atoms with E-state index in [1.54, 1.807) is 13.0 Å². The summed E-state index contributed by atoms with van der Waals surface area (Å²) in [4.78, 5) is 25.7. The Morgan fingerprint density at radius 1 is 1.12 bits per heavy atom. The maximum absolute atomic E-state index is 13.0. The molecule has 4 heteroatoms. The summed E-state index contributed by atoms with van der Waals surface area (Å²) < 4.78 is 5.67. The maximum Gasteiger partial charge on any atom is 0.312 e. The van der Waals surface area contributed by atoms with E-state index in [0.29, 0.717) is 23.8 Å². The van der Waals surface area contributed by atoms with E-state index in [0.717, 1.165) is 43.2 Å². The van der Waals surface area contributed by atoms with Gasteiger partial charge in [0.05, 0.1) is 11.0 Å². The summed E-state index contributed by atoms with van der Waals surface area (Å²) >= 11 is 0. The molecule has 4 bridgehead atoms. The Bertz CT molecular complexity index is 751. The number of carbonyl (C=O) groups excluding carboxylic acids is 2. The Balaban J connectivity index is 1.49. The van der Waals surface area contributed by atoms with Crippen LogP contribution in [0.5, 0.6) is 0 Å². The van der Waals surface area contributed by atoms with Crippen molar-refractivity contribution in [1.29, 1.82) is 0 Å². The number of ketones is 1. The molecule has 26 heavy (non-hydrogen) atoms. The van der Waals surface area contributed by atoms with Gasteiger partial charge in [-0.25, -0.2) is 0 Å². The zero-order chi connectivity index (χ0) is 18.7. The molecule has 0 unspecified atom stereocenters. The van der Waals surface area contributed by atoms with Gasteiger partial charge in [0.25, 0.3) is 0 Å². The monoisotopic (exact) mass is 356 g/mol. The van der Waals surface area contributed by atoms with Crippen LogP contribution in [0.2, 0.25) is 0 Å². The lowest BCUT2D eigenvalue weighted by Crippen LogP contribution is -2.58. The second kappa shape index (κ2) is 5.91. The molecule has 4 nitrogen and oxygen atoms in total. The molecule has 5 rings (SSSR count). The molecule has 4 aliphatic rings. The minimum atomic E-state index is -0.799. The molecule has 0 radical (unpaired) electrons. The number of ether oxygens (including phenoxy) is 1. The summed E-state index contributed by atoms with van der Waals surface area (Å²) in [5.74, 6) is 0.388. The molecule has 1 aromatic carbocycles. The standard InChI is InChI=1S/C22H28O4/c1-13-4-5-18(6-14(13)2)19(23)15(3)26-20(24)21-8-16-7-17(9-21)11-22(25,10-16)12-21/h4-6,15-17,25H,7-12H2,1-3H3/t15-,16+,17+,21?,22?/m0/s1. The lowest BCUT2D eigenvalue weighted by atomic mass is 9.48. The van der Waals surface area contributed by atoms with E-state index < -0.39 is 17.1 Å². The molecule has 140 valence electrons. The zero-order valence-corrected chi connectivity index (χ0v) is 15.9. The smallest absolute Gasteiger partial charge is 0.312 e.